The molecular formula is C32H43N5O5. The molecule has 3 heterocycles. The van der Waals surface area contributed by atoms with Crippen LogP contribution in [0.3, 0.4) is 0 Å². The molecule has 4 fully saturated rings. The average Bonchev–Trinajstić information content (AvgIpc) is 3.12. The van der Waals surface area contributed by atoms with E-state index in [-0.39, 0.29) is 35.8 Å². The minimum Gasteiger partial charge on any atom is -0.481 e. The Bertz CT molecular complexity index is 1380. The number of piperidine rings is 2. The van der Waals surface area contributed by atoms with Crippen molar-refractivity contribution in [1.29, 1.82) is 0 Å². The molecule has 4 aliphatic rings. The van der Waals surface area contributed by atoms with Crippen LogP contribution in [0.4, 0.5) is 0 Å². The number of amides is 1. The van der Waals surface area contributed by atoms with E-state index in [0.29, 0.717) is 23.6 Å². The molecule has 226 valence electrons. The van der Waals surface area contributed by atoms with Gasteiger partial charge in [0.25, 0.3) is 11.5 Å². The van der Waals surface area contributed by atoms with Crippen molar-refractivity contribution in [2.45, 2.75) is 114 Å². The van der Waals surface area contributed by atoms with Crippen molar-refractivity contribution in [2.24, 2.45) is 22.7 Å². The summed E-state index contributed by atoms with van der Waals surface area (Å²) in [5.74, 6) is -0.00849. The summed E-state index contributed by atoms with van der Waals surface area (Å²) < 4.78 is 1.89. The first-order chi connectivity index (χ1) is 20.4. The topological polar surface area (TPSA) is 140 Å². The van der Waals surface area contributed by atoms with Crippen molar-refractivity contribution in [3.05, 3.63) is 40.3 Å². The molecule has 10 heteroatoms. The van der Waals surface area contributed by atoms with Gasteiger partial charge in [0.05, 0.1) is 17.5 Å². The van der Waals surface area contributed by atoms with E-state index >= 15 is 0 Å². The van der Waals surface area contributed by atoms with E-state index in [1.807, 2.05) is 28.8 Å². The molecule has 6 rings (SSSR count). The highest BCUT2D eigenvalue weighted by Crippen LogP contribution is 2.47. The Morgan fingerprint density at radius 3 is 2.26 bits per heavy atom. The quantitative estimate of drug-likeness (QED) is 0.333. The lowest BCUT2D eigenvalue weighted by Gasteiger charge is -2.54. The van der Waals surface area contributed by atoms with Crippen molar-refractivity contribution in [3.63, 3.8) is 0 Å². The van der Waals surface area contributed by atoms with Gasteiger partial charge in [-0.2, -0.15) is 0 Å². The van der Waals surface area contributed by atoms with Crippen LogP contribution < -0.4 is 11.3 Å². The summed E-state index contributed by atoms with van der Waals surface area (Å²) in [6, 6.07) is 9.19. The Labute approximate surface area is 246 Å². The van der Waals surface area contributed by atoms with Crippen molar-refractivity contribution < 1.29 is 19.5 Å². The normalized spacial score (nSPS) is 30.0. The Balaban J connectivity index is 1.34. The number of hydrogen-bond acceptors (Lipinski definition) is 7. The van der Waals surface area contributed by atoms with E-state index in [4.69, 9.17) is 10.6 Å². The van der Waals surface area contributed by atoms with Crippen LogP contribution >= 0.6 is 0 Å². The minimum atomic E-state index is -1.03. The lowest BCUT2D eigenvalue weighted by Crippen LogP contribution is -2.58. The number of aromatic nitrogens is 2. The fraction of sp³-hybridized carbons (Fsp3) is 0.656. The van der Waals surface area contributed by atoms with Gasteiger partial charge in [-0.25, -0.2) is 4.98 Å². The van der Waals surface area contributed by atoms with E-state index in [1.54, 1.807) is 0 Å². The van der Waals surface area contributed by atoms with Gasteiger partial charge < -0.3 is 20.2 Å². The number of hydrogen-bond donors (Lipinski definition) is 2. The first-order valence-electron chi connectivity index (χ1n) is 15.9. The molecule has 3 N–H and O–H groups in total. The third-order valence-corrected chi connectivity index (χ3v) is 10.2. The highest BCUT2D eigenvalue weighted by Gasteiger charge is 2.45. The molecule has 1 amide bonds. The number of carbonyl (C=O) groups is 2. The van der Waals surface area contributed by atoms with Gasteiger partial charge in [-0.3, -0.25) is 19.3 Å². The zero-order valence-corrected chi connectivity index (χ0v) is 24.3. The summed E-state index contributed by atoms with van der Waals surface area (Å²) in [6.07, 6.45) is 14.7. The van der Waals surface area contributed by atoms with Gasteiger partial charge in [0, 0.05) is 30.6 Å². The number of aliphatic carboxylic acids is 1. The number of fused-ring (bicyclic) bond motifs is 5. The van der Waals surface area contributed by atoms with Gasteiger partial charge in [-0.1, -0.05) is 49.4 Å². The van der Waals surface area contributed by atoms with Crippen LogP contribution in [0.15, 0.2) is 34.2 Å². The maximum absolute atomic E-state index is 14.3. The Morgan fingerprint density at radius 2 is 1.60 bits per heavy atom. The number of nitrogens with zero attached hydrogens (tertiary/aromatic N) is 4. The molecule has 3 unspecified atom stereocenters. The fourth-order valence-corrected chi connectivity index (χ4v) is 8.62. The van der Waals surface area contributed by atoms with E-state index in [0.717, 1.165) is 43.0 Å². The van der Waals surface area contributed by atoms with Gasteiger partial charge in [-0.05, 0) is 68.9 Å². The van der Waals surface area contributed by atoms with Crippen LogP contribution in [0.25, 0.3) is 11.0 Å². The van der Waals surface area contributed by atoms with Crippen LogP contribution in [-0.4, -0.2) is 61.9 Å². The number of carboxylic acid groups (broad SMARTS) is 1. The summed E-state index contributed by atoms with van der Waals surface area (Å²) in [5.41, 5.74) is 6.52. The Hall–Kier alpha value is -3.27. The second-order valence-electron chi connectivity index (χ2n) is 13.0. The number of carbonyl (C=O) groups excluding carboxylic acids is 1. The summed E-state index contributed by atoms with van der Waals surface area (Å²) in [4.78, 5) is 49.5. The summed E-state index contributed by atoms with van der Waals surface area (Å²) in [5, 5.41) is 13.3. The maximum Gasteiger partial charge on any atom is 0.303 e. The molecule has 1 aromatic heterocycles. The number of rotatable bonds is 9. The molecule has 2 aliphatic carbocycles. The first kappa shape index (κ1) is 28.8. The molecule has 2 aromatic rings. The molecule has 0 spiro atoms. The number of nitrogens with two attached hydrogens (primary N) is 1. The van der Waals surface area contributed by atoms with E-state index in [1.165, 1.54) is 51.4 Å². The van der Waals surface area contributed by atoms with Gasteiger partial charge in [0.1, 0.15) is 5.71 Å². The van der Waals surface area contributed by atoms with Gasteiger partial charge in [-0.15, -0.1) is 0 Å². The molecule has 1 aromatic carbocycles. The van der Waals surface area contributed by atoms with Crippen LogP contribution in [0.5, 0.6) is 0 Å². The number of carboxylic acids is 1. The maximum atomic E-state index is 14.3. The van der Waals surface area contributed by atoms with Crippen LogP contribution in [0.2, 0.25) is 0 Å². The van der Waals surface area contributed by atoms with Crippen molar-refractivity contribution >= 4 is 28.6 Å². The molecule has 2 saturated carbocycles. The van der Waals surface area contributed by atoms with Gasteiger partial charge in [0.15, 0.2) is 12.3 Å². The second-order valence-corrected chi connectivity index (χ2v) is 13.0. The molecule has 2 aliphatic heterocycles. The van der Waals surface area contributed by atoms with Gasteiger partial charge >= 0.3 is 5.97 Å². The molecule has 0 radical (unpaired) electrons. The lowest BCUT2D eigenvalue weighted by molar-refractivity contribution is -0.136. The average molecular weight is 578 g/mol. The minimum absolute atomic E-state index is 0.00818. The zero-order valence-electron chi connectivity index (χ0n) is 24.3. The summed E-state index contributed by atoms with van der Waals surface area (Å²) in [7, 11) is 0. The van der Waals surface area contributed by atoms with Crippen molar-refractivity contribution in [3.8, 4) is 0 Å². The number of benzene rings is 1. The molecule has 42 heavy (non-hydrogen) atoms. The second kappa shape index (κ2) is 12.5. The molecule has 5 atom stereocenters. The zero-order chi connectivity index (χ0) is 29.2. The molecular weight excluding hydrogens is 534 g/mol. The van der Waals surface area contributed by atoms with Crippen molar-refractivity contribution in [1.82, 2.24) is 14.5 Å². The van der Waals surface area contributed by atoms with Crippen molar-refractivity contribution in [2.75, 3.05) is 6.61 Å². The van der Waals surface area contributed by atoms with E-state index < -0.39 is 18.5 Å². The number of para-hydroxylation sites is 2. The summed E-state index contributed by atoms with van der Waals surface area (Å²) in [6.45, 7) is -0.469. The SMILES string of the molecule is NC(=O)CON=C(CCC(=O)O)c1nc2ccccc2n(C2C[C@H]3CCC[C@@H](C2)N3C2CC3CCCCC(C3)C2)c1=O. The smallest absolute Gasteiger partial charge is 0.303 e. The Morgan fingerprint density at radius 1 is 0.905 bits per heavy atom. The summed E-state index contributed by atoms with van der Waals surface area (Å²) >= 11 is 0. The third-order valence-electron chi connectivity index (χ3n) is 10.2. The monoisotopic (exact) mass is 577 g/mol. The van der Waals surface area contributed by atoms with Gasteiger partial charge in [0.2, 0.25) is 0 Å². The molecule has 4 bridgehead atoms. The Kier molecular flexibility index (Phi) is 8.60. The highest BCUT2D eigenvalue weighted by atomic mass is 16.6. The molecule has 2 saturated heterocycles. The predicted molar refractivity (Wildman–Crippen MR) is 159 cm³/mol. The number of oxime groups is 1. The van der Waals surface area contributed by atoms with Crippen LogP contribution in [0.1, 0.15) is 102 Å². The standard InChI is InChI=1S/C32H43N5O5/c33-29(38)19-42-35-27(12-13-30(39)40)31-32(41)37(28-11-4-3-10-26(28)34-31)25-17-22-8-5-9-23(18-25)36(22)24-15-20-6-1-2-7-21(14-20)16-24/h3-4,10-11,20-25H,1-2,5-9,12-19H2,(H2,33,38)(H,39,40)/t20?,21?,22-,23+,24?,25?. The largest absolute Gasteiger partial charge is 0.481 e. The molecule has 10 nitrogen and oxygen atoms in total. The first-order valence-corrected chi connectivity index (χ1v) is 15.9. The number of primary amides is 1. The van der Waals surface area contributed by atoms with E-state index in [2.05, 4.69) is 15.0 Å². The van der Waals surface area contributed by atoms with E-state index in [9.17, 15) is 19.5 Å². The predicted octanol–water partition coefficient (Wildman–Crippen LogP) is 4.38. The highest BCUT2D eigenvalue weighted by molar-refractivity contribution is 6.00. The third kappa shape index (κ3) is 6.09. The van der Waals surface area contributed by atoms with Crippen LogP contribution in [0, 0.1) is 11.8 Å². The fourth-order valence-electron chi connectivity index (χ4n) is 8.62. The van der Waals surface area contributed by atoms with Crippen LogP contribution in [-0.2, 0) is 14.4 Å². The lowest BCUT2D eigenvalue weighted by atomic mass is 9.73.